The molecule has 5 heteroatoms. The summed E-state index contributed by atoms with van der Waals surface area (Å²) in [6.07, 6.45) is 0.0344. The van der Waals surface area contributed by atoms with Gasteiger partial charge in [-0.2, -0.15) is 0 Å². The number of benzene rings is 1. The molecule has 0 radical (unpaired) electrons. The average Bonchev–Trinajstić information content (AvgIpc) is 2.81. The fraction of sp³-hybridized carbons (Fsp3) is 0.438. The molecule has 1 aromatic carbocycles. The second kappa shape index (κ2) is 4.77. The maximum Gasteiger partial charge on any atom is 0.270 e. The number of nitrogen functional groups attached to an aromatic ring is 1. The third-order valence-electron chi connectivity index (χ3n) is 3.78. The van der Waals surface area contributed by atoms with Crippen LogP contribution in [0.3, 0.4) is 0 Å². The Balaban J connectivity index is 1.91. The number of nitrogens with zero attached hydrogens (tertiary/aromatic N) is 1. The Morgan fingerprint density at radius 2 is 2.24 bits per heavy atom. The van der Waals surface area contributed by atoms with Crippen molar-refractivity contribution in [1.82, 2.24) is 9.88 Å². The van der Waals surface area contributed by atoms with Gasteiger partial charge < -0.3 is 20.4 Å². The lowest BCUT2D eigenvalue weighted by molar-refractivity contribution is -0.118. The summed E-state index contributed by atoms with van der Waals surface area (Å²) in [5, 5.41) is 0.957. The number of H-pyrrole nitrogens is 1. The van der Waals surface area contributed by atoms with E-state index in [4.69, 9.17) is 10.5 Å². The molecular weight excluding hydrogens is 266 g/mol. The van der Waals surface area contributed by atoms with E-state index in [0.29, 0.717) is 24.5 Å². The predicted molar refractivity (Wildman–Crippen MR) is 83.2 cm³/mol. The molecule has 3 N–H and O–H groups in total. The topological polar surface area (TPSA) is 71.3 Å². The molecule has 1 fully saturated rings. The van der Waals surface area contributed by atoms with Crippen molar-refractivity contribution in [2.75, 3.05) is 18.8 Å². The summed E-state index contributed by atoms with van der Waals surface area (Å²) < 4.78 is 5.84. The largest absolute Gasteiger partial charge is 0.397 e. The monoisotopic (exact) mass is 287 g/mol. The second-order valence-electron chi connectivity index (χ2n) is 6.37. The third-order valence-corrected chi connectivity index (χ3v) is 3.78. The molecule has 1 aliphatic rings. The molecule has 112 valence electrons. The van der Waals surface area contributed by atoms with Gasteiger partial charge in [-0.15, -0.1) is 0 Å². The first-order valence-corrected chi connectivity index (χ1v) is 7.20. The maximum absolute atomic E-state index is 12.7. The molecule has 21 heavy (non-hydrogen) atoms. The van der Waals surface area contributed by atoms with Gasteiger partial charge in [0.25, 0.3) is 5.91 Å². The molecule has 0 saturated carbocycles. The standard InChI is InChI=1S/C16H21N3O2/c1-10-8-19(9-16(2,3)21-10)15(20)13-7-11-5-4-6-12(17)14(11)18-13/h4-7,10,18H,8-9,17H2,1-3H3. The van der Waals surface area contributed by atoms with Crippen LogP contribution in [-0.2, 0) is 4.74 Å². The van der Waals surface area contributed by atoms with Crippen molar-refractivity contribution in [2.24, 2.45) is 0 Å². The fourth-order valence-electron chi connectivity index (χ4n) is 3.07. The molecule has 1 aliphatic heterocycles. The lowest BCUT2D eigenvalue weighted by Crippen LogP contribution is -2.53. The first kappa shape index (κ1) is 13.9. The van der Waals surface area contributed by atoms with Gasteiger partial charge in [-0.05, 0) is 32.9 Å². The number of aromatic amines is 1. The number of fused-ring (bicyclic) bond motifs is 1. The molecular formula is C16H21N3O2. The Bertz CT molecular complexity index is 690. The third kappa shape index (κ3) is 2.61. The molecule has 1 aromatic heterocycles. The van der Waals surface area contributed by atoms with Crippen molar-refractivity contribution in [2.45, 2.75) is 32.5 Å². The van der Waals surface area contributed by atoms with E-state index in [1.807, 2.05) is 49.9 Å². The number of morpholine rings is 1. The predicted octanol–water partition coefficient (Wildman–Crippen LogP) is 2.39. The summed E-state index contributed by atoms with van der Waals surface area (Å²) in [6, 6.07) is 7.53. The lowest BCUT2D eigenvalue weighted by atomic mass is 10.1. The van der Waals surface area contributed by atoms with Gasteiger partial charge in [0.1, 0.15) is 5.69 Å². The number of nitrogens with one attached hydrogen (secondary N) is 1. The van der Waals surface area contributed by atoms with Crippen molar-refractivity contribution >= 4 is 22.5 Å². The highest BCUT2D eigenvalue weighted by molar-refractivity contribution is 6.00. The molecule has 1 amide bonds. The number of nitrogens with two attached hydrogens (primary N) is 1. The van der Waals surface area contributed by atoms with Crippen LogP contribution in [0.25, 0.3) is 10.9 Å². The van der Waals surface area contributed by atoms with Crippen LogP contribution in [0.5, 0.6) is 0 Å². The van der Waals surface area contributed by atoms with E-state index >= 15 is 0 Å². The van der Waals surface area contributed by atoms with Crippen molar-refractivity contribution in [1.29, 1.82) is 0 Å². The molecule has 2 aromatic rings. The minimum Gasteiger partial charge on any atom is -0.397 e. The summed E-state index contributed by atoms with van der Waals surface area (Å²) in [7, 11) is 0. The van der Waals surface area contributed by atoms with Crippen LogP contribution in [0.1, 0.15) is 31.3 Å². The van der Waals surface area contributed by atoms with E-state index in [0.717, 1.165) is 10.9 Å². The molecule has 0 aliphatic carbocycles. The van der Waals surface area contributed by atoms with Crippen molar-refractivity contribution in [3.05, 3.63) is 30.0 Å². The maximum atomic E-state index is 12.7. The highest BCUT2D eigenvalue weighted by atomic mass is 16.5. The van der Waals surface area contributed by atoms with Crippen LogP contribution in [0, 0.1) is 0 Å². The minimum atomic E-state index is -0.321. The minimum absolute atomic E-state index is 0.00572. The smallest absolute Gasteiger partial charge is 0.270 e. The highest BCUT2D eigenvalue weighted by Crippen LogP contribution is 2.25. The number of ether oxygens (including phenoxy) is 1. The molecule has 2 heterocycles. The molecule has 0 bridgehead atoms. The Morgan fingerprint density at radius 3 is 2.90 bits per heavy atom. The number of para-hydroxylation sites is 1. The van der Waals surface area contributed by atoms with Gasteiger partial charge >= 0.3 is 0 Å². The molecule has 1 saturated heterocycles. The number of carbonyl (C=O) groups is 1. The van der Waals surface area contributed by atoms with Gasteiger partial charge in [0.15, 0.2) is 0 Å². The first-order chi connectivity index (χ1) is 9.85. The van der Waals surface area contributed by atoms with E-state index in [-0.39, 0.29) is 17.6 Å². The summed E-state index contributed by atoms with van der Waals surface area (Å²) in [6.45, 7) is 7.19. The number of carbonyl (C=O) groups excluding carboxylic acids is 1. The number of rotatable bonds is 1. The number of hydrogen-bond donors (Lipinski definition) is 2. The molecule has 3 rings (SSSR count). The molecule has 1 atom stereocenters. The van der Waals surface area contributed by atoms with E-state index < -0.39 is 0 Å². The van der Waals surface area contributed by atoms with Gasteiger partial charge in [-0.3, -0.25) is 4.79 Å². The SMILES string of the molecule is CC1CN(C(=O)c2cc3cccc(N)c3[nH]2)CC(C)(C)O1. The average molecular weight is 287 g/mol. The van der Waals surface area contributed by atoms with E-state index in [2.05, 4.69) is 4.98 Å². The van der Waals surface area contributed by atoms with Crippen molar-refractivity contribution in [3.63, 3.8) is 0 Å². The van der Waals surface area contributed by atoms with Crippen molar-refractivity contribution < 1.29 is 9.53 Å². The Hall–Kier alpha value is -2.01. The lowest BCUT2D eigenvalue weighted by Gasteiger charge is -2.41. The summed E-state index contributed by atoms with van der Waals surface area (Å²) in [4.78, 5) is 17.7. The Kier molecular flexibility index (Phi) is 3.17. The van der Waals surface area contributed by atoms with Gasteiger partial charge in [0.05, 0.1) is 22.9 Å². The van der Waals surface area contributed by atoms with Crippen molar-refractivity contribution in [3.8, 4) is 0 Å². The zero-order valence-electron chi connectivity index (χ0n) is 12.6. The highest BCUT2D eigenvalue weighted by Gasteiger charge is 2.34. The van der Waals surface area contributed by atoms with Gasteiger partial charge in [0, 0.05) is 18.5 Å². The number of anilines is 1. The quantitative estimate of drug-likeness (QED) is 0.791. The Morgan fingerprint density at radius 1 is 1.48 bits per heavy atom. The van der Waals surface area contributed by atoms with Crippen LogP contribution in [0.4, 0.5) is 5.69 Å². The van der Waals surface area contributed by atoms with Crippen LogP contribution in [0.2, 0.25) is 0 Å². The van der Waals surface area contributed by atoms with Gasteiger partial charge in [-0.25, -0.2) is 0 Å². The first-order valence-electron chi connectivity index (χ1n) is 7.20. The van der Waals surface area contributed by atoms with E-state index in [9.17, 15) is 4.79 Å². The number of aromatic nitrogens is 1. The molecule has 5 nitrogen and oxygen atoms in total. The van der Waals surface area contributed by atoms with Gasteiger partial charge in [0.2, 0.25) is 0 Å². The normalized spacial score (nSPS) is 21.7. The fourth-order valence-corrected chi connectivity index (χ4v) is 3.07. The van der Waals surface area contributed by atoms with Crippen LogP contribution < -0.4 is 5.73 Å². The summed E-state index contributed by atoms with van der Waals surface area (Å²) >= 11 is 0. The summed E-state index contributed by atoms with van der Waals surface area (Å²) in [5.41, 5.74) is 7.67. The van der Waals surface area contributed by atoms with Crippen LogP contribution in [0.15, 0.2) is 24.3 Å². The second-order valence-corrected chi connectivity index (χ2v) is 6.37. The van der Waals surface area contributed by atoms with Crippen LogP contribution in [-0.4, -0.2) is 40.6 Å². The zero-order valence-corrected chi connectivity index (χ0v) is 12.6. The molecule has 0 spiro atoms. The zero-order chi connectivity index (χ0) is 15.2. The van der Waals surface area contributed by atoms with E-state index in [1.54, 1.807) is 0 Å². The number of hydrogen-bond acceptors (Lipinski definition) is 3. The summed E-state index contributed by atoms with van der Waals surface area (Å²) in [5.74, 6) is -0.00572. The van der Waals surface area contributed by atoms with Gasteiger partial charge in [-0.1, -0.05) is 12.1 Å². The van der Waals surface area contributed by atoms with Crippen LogP contribution >= 0.6 is 0 Å². The molecule has 1 unspecified atom stereocenters. The van der Waals surface area contributed by atoms with E-state index in [1.165, 1.54) is 0 Å². The Labute approximate surface area is 124 Å². The number of amides is 1.